The van der Waals surface area contributed by atoms with Crippen LogP contribution in [-0.4, -0.2) is 29.6 Å². The molecular formula is C18H18O5. The molecule has 0 radical (unpaired) electrons. The Labute approximate surface area is 133 Å². The van der Waals surface area contributed by atoms with Gasteiger partial charge in [-0.25, -0.2) is 0 Å². The second kappa shape index (κ2) is 4.93. The zero-order valence-electron chi connectivity index (χ0n) is 12.8. The van der Waals surface area contributed by atoms with Gasteiger partial charge in [-0.05, 0) is 17.5 Å². The van der Waals surface area contributed by atoms with Crippen molar-refractivity contribution in [3.63, 3.8) is 0 Å². The minimum atomic E-state index is -0.910. The van der Waals surface area contributed by atoms with Crippen molar-refractivity contribution in [1.29, 1.82) is 0 Å². The summed E-state index contributed by atoms with van der Waals surface area (Å²) in [5, 5.41) is 10.8. The van der Waals surface area contributed by atoms with E-state index < -0.39 is 17.6 Å². The Hall–Kier alpha value is -2.14. The molecule has 2 aliphatic carbocycles. The third kappa shape index (κ3) is 1.96. The number of benzene rings is 1. The van der Waals surface area contributed by atoms with Crippen LogP contribution >= 0.6 is 0 Å². The summed E-state index contributed by atoms with van der Waals surface area (Å²) in [5.74, 6) is -1.20. The maximum atomic E-state index is 12.7. The molecule has 1 aromatic carbocycles. The van der Waals surface area contributed by atoms with Crippen molar-refractivity contribution in [3.05, 3.63) is 47.2 Å². The van der Waals surface area contributed by atoms with E-state index in [1.807, 2.05) is 24.3 Å². The van der Waals surface area contributed by atoms with E-state index in [1.165, 1.54) is 7.11 Å². The van der Waals surface area contributed by atoms with Crippen molar-refractivity contribution in [2.75, 3.05) is 7.11 Å². The fourth-order valence-corrected chi connectivity index (χ4v) is 4.29. The summed E-state index contributed by atoms with van der Waals surface area (Å²) < 4.78 is 10.9. The number of hydrogen-bond acceptors (Lipinski definition) is 5. The maximum absolute atomic E-state index is 12.7. The van der Waals surface area contributed by atoms with Gasteiger partial charge in [-0.3, -0.25) is 9.59 Å². The number of fused-ring (bicyclic) bond motifs is 3. The second-order valence-corrected chi connectivity index (χ2v) is 6.49. The van der Waals surface area contributed by atoms with Gasteiger partial charge < -0.3 is 14.6 Å². The minimum absolute atomic E-state index is 0.180. The van der Waals surface area contributed by atoms with E-state index in [4.69, 9.17) is 9.47 Å². The molecule has 120 valence electrons. The average Bonchev–Trinajstić information content (AvgIpc) is 2.93. The Bertz CT molecular complexity index is 722. The smallest absolute Gasteiger partial charge is 0.306 e. The zero-order valence-corrected chi connectivity index (χ0v) is 12.8. The van der Waals surface area contributed by atoms with Crippen LogP contribution in [0.3, 0.4) is 0 Å². The quantitative estimate of drug-likeness (QED) is 0.799. The highest BCUT2D eigenvalue weighted by atomic mass is 16.6. The topological polar surface area (TPSA) is 72.8 Å². The molecule has 4 unspecified atom stereocenters. The molecule has 23 heavy (non-hydrogen) atoms. The highest BCUT2D eigenvalue weighted by Gasteiger charge is 2.58. The minimum Gasteiger partial charge on any atom is -0.493 e. The Morgan fingerprint density at radius 3 is 2.78 bits per heavy atom. The molecule has 0 saturated carbocycles. The van der Waals surface area contributed by atoms with E-state index in [2.05, 4.69) is 0 Å². The molecule has 0 aromatic heterocycles. The van der Waals surface area contributed by atoms with Gasteiger partial charge >= 0.3 is 5.97 Å². The molecule has 1 aliphatic heterocycles. The van der Waals surface area contributed by atoms with Crippen molar-refractivity contribution in [2.24, 2.45) is 11.8 Å². The number of aliphatic hydroxyl groups is 1. The molecule has 1 heterocycles. The number of hydrogen-bond donors (Lipinski definition) is 1. The van der Waals surface area contributed by atoms with Crippen molar-refractivity contribution < 1.29 is 24.2 Å². The molecule has 1 N–H and O–H groups in total. The van der Waals surface area contributed by atoms with Gasteiger partial charge in [0.25, 0.3) is 0 Å². The first kappa shape index (κ1) is 14.5. The molecule has 3 aliphatic rings. The Morgan fingerprint density at radius 1 is 1.30 bits per heavy atom. The van der Waals surface area contributed by atoms with Crippen LogP contribution in [0.2, 0.25) is 0 Å². The van der Waals surface area contributed by atoms with Crippen LogP contribution < -0.4 is 0 Å². The van der Waals surface area contributed by atoms with Gasteiger partial charge in [-0.2, -0.15) is 0 Å². The fourth-order valence-electron chi connectivity index (χ4n) is 4.29. The van der Waals surface area contributed by atoms with E-state index in [0.29, 0.717) is 19.3 Å². The summed E-state index contributed by atoms with van der Waals surface area (Å²) in [6, 6.07) is 7.58. The van der Waals surface area contributed by atoms with Crippen LogP contribution in [0.4, 0.5) is 0 Å². The lowest BCUT2D eigenvalue weighted by molar-refractivity contribution is -0.158. The van der Waals surface area contributed by atoms with Crippen molar-refractivity contribution in [1.82, 2.24) is 0 Å². The number of aliphatic hydroxyl groups excluding tert-OH is 1. The van der Waals surface area contributed by atoms with Crippen molar-refractivity contribution in [3.8, 4) is 0 Å². The number of rotatable bonds is 1. The number of ether oxygens (including phenoxy) is 2. The van der Waals surface area contributed by atoms with E-state index in [9.17, 15) is 14.7 Å². The molecule has 5 nitrogen and oxygen atoms in total. The van der Waals surface area contributed by atoms with Crippen LogP contribution in [0.1, 0.15) is 30.1 Å². The number of methoxy groups -OCH3 is 1. The summed E-state index contributed by atoms with van der Waals surface area (Å²) >= 11 is 0. The van der Waals surface area contributed by atoms with Gasteiger partial charge in [-0.1, -0.05) is 24.3 Å². The largest absolute Gasteiger partial charge is 0.493 e. The Kier molecular flexibility index (Phi) is 3.10. The molecule has 1 fully saturated rings. The predicted octanol–water partition coefficient (Wildman–Crippen LogP) is 1.70. The molecule has 0 amide bonds. The van der Waals surface area contributed by atoms with Gasteiger partial charge in [0.2, 0.25) is 5.78 Å². The number of ketones is 1. The summed E-state index contributed by atoms with van der Waals surface area (Å²) in [6.45, 7) is 0. The molecule has 1 saturated heterocycles. The first-order chi connectivity index (χ1) is 11.1. The lowest BCUT2D eigenvalue weighted by Gasteiger charge is -2.46. The number of esters is 1. The van der Waals surface area contributed by atoms with Crippen LogP contribution in [0.5, 0.6) is 0 Å². The standard InChI is InChI=1S/C18H18O5/c1-22-13-9-18(7-6-14(19)23-18)12-8-10-4-2-3-5-11(10)16(20)15(12)17(13)21/h2-5,9,12,15-16,20H,6-8H2,1H3. The molecule has 1 aromatic rings. The third-order valence-corrected chi connectivity index (χ3v) is 5.38. The normalized spacial score (nSPS) is 35.4. The first-order valence-electron chi connectivity index (χ1n) is 7.84. The highest BCUT2D eigenvalue weighted by Crippen LogP contribution is 2.52. The van der Waals surface area contributed by atoms with Gasteiger partial charge in [-0.15, -0.1) is 0 Å². The lowest BCUT2D eigenvalue weighted by Crippen LogP contribution is -2.52. The SMILES string of the molecule is COC1=CC2(CCC(=O)O2)C2Cc3ccccc3C(O)C2C1=O. The molecule has 0 bridgehead atoms. The number of allylic oxidation sites excluding steroid dienone is 1. The van der Waals surface area contributed by atoms with Crippen LogP contribution in [-0.2, 0) is 25.5 Å². The van der Waals surface area contributed by atoms with E-state index in [-0.39, 0.29) is 23.4 Å². The van der Waals surface area contributed by atoms with Crippen LogP contribution in [0, 0.1) is 11.8 Å². The van der Waals surface area contributed by atoms with Crippen molar-refractivity contribution in [2.45, 2.75) is 31.0 Å². The van der Waals surface area contributed by atoms with Crippen molar-refractivity contribution >= 4 is 11.8 Å². The summed E-state index contributed by atoms with van der Waals surface area (Å²) in [5.41, 5.74) is 0.930. The third-order valence-electron chi connectivity index (χ3n) is 5.38. The lowest BCUT2D eigenvalue weighted by atomic mass is 9.61. The van der Waals surface area contributed by atoms with Crippen LogP contribution in [0.15, 0.2) is 36.1 Å². The molecule has 4 rings (SSSR count). The summed E-state index contributed by atoms with van der Waals surface area (Å²) in [7, 11) is 1.43. The van der Waals surface area contributed by atoms with Gasteiger partial charge in [0.15, 0.2) is 5.76 Å². The molecular weight excluding hydrogens is 296 g/mol. The summed E-state index contributed by atoms with van der Waals surface area (Å²) in [4.78, 5) is 24.5. The Morgan fingerprint density at radius 2 is 2.09 bits per heavy atom. The predicted molar refractivity (Wildman–Crippen MR) is 80.2 cm³/mol. The van der Waals surface area contributed by atoms with E-state index in [0.717, 1.165) is 11.1 Å². The van der Waals surface area contributed by atoms with Gasteiger partial charge in [0.1, 0.15) is 5.60 Å². The van der Waals surface area contributed by atoms with Gasteiger partial charge in [0.05, 0.1) is 19.1 Å². The average molecular weight is 314 g/mol. The summed E-state index contributed by atoms with van der Waals surface area (Å²) in [6.07, 6.45) is 2.18. The maximum Gasteiger partial charge on any atom is 0.306 e. The second-order valence-electron chi connectivity index (χ2n) is 6.49. The Balaban J connectivity index is 1.86. The van der Waals surface area contributed by atoms with Gasteiger partial charge in [0, 0.05) is 24.8 Å². The number of Topliss-reactive ketones (excluding diaryl/α,β-unsaturated/α-hetero) is 1. The molecule has 4 atom stereocenters. The number of carbonyl (C=O) groups is 2. The first-order valence-corrected chi connectivity index (χ1v) is 7.84. The fraction of sp³-hybridized carbons (Fsp3) is 0.444. The molecule has 1 spiro atoms. The zero-order chi connectivity index (χ0) is 16.2. The highest BCUT2D eigenvalue weighted by molar-refractivity contribution is 5.98. The van der Waals surface area contributed by atoms with E-state index >= 15 is 0 Å². The van der Waals surface area contributed by atoms with E-state index in [1.54, 1.807) is 6.08 Å². The van der Waals surface area contributed by atoms with Crippen LogP contribution in [0.25, 0.3) is 0 Å². The number of carbonyl (C=O) groups excluding carboxylic acids is 2. The molecule has 5 heteroatoms. The monoisotopic (exact) mass is 314 g/mol.